The van der Waals surface area contributed by atoms with Crippen molar-refractivity contribution in [3.8, 4) is 0 Å². The molecule has 1 heterocycles. The van der Waals surface area contributed by atoms with E-state index in [-0.39, 0.29) is 6.04 Å². The summed E-state index contributed by atoms with van der Waals surface area (Å²) in [5.41, 5.74) is 8.16. The lowest BCUT2D eigenvalue weighted by Gasteiger charge is -2.30. The number of anilines is 1. The van der Waals surface area contributed by atoms with Gasteiger partial charge < -0.3 is 10.6 Å². The Bertz CT molecular complexity index is 403. The van der Waals surface area contributed by atoms with E-state index in [4.69, 9.17) is 17.3 Å². The van der Waals surface area contributed by atoms with E-state index in [0.29, 0.717) is 6.04 Å². The number of nitrogens with zero attached hydrogens (tertiary/aromatic N) is 1. The van der Waals surface area contributed by atoms with Crippen LogP contribution in [0.3, 0.4) is 0 Å². The van der Waals surface area contributed by atoms with Crippen molar-refractivity contribution in [3.63, 3.8) is 0 Å². The molecule has 2 nitrogen and oxygen atoms in total. The van der Waals surface area contributed by atoms with Gasteiger partial charge in [0.25, 0.3) is 0 Å². The van der Waals surface area contributed by atoms with Gasteiger partial charge in [0.1, 0.15) is 0 Å². The summed E-state index contributed by atoms with van der Waals surface area (Å²) in [5, 5.41) is 0.832. The lowest BCUT2D eigenvalue weighted by atomic mass is 10.1. The first-order valence-corrected chi connectivity index (χ1v) is 7.29. The average Bonchev–Trinajstić information content (AvgIpc) is 2.54. The molecule has 0 aromatic heterocycles. The van der Waals surface area contributed by atoms with Gasteiger partial charge >= 0.3 is 0 Å². The summed E-state index contributed by atoms with van der Waals surface area (Å²) in [6.07, 6.45) is 5.17. The van der Waals surface area contributed by atoms with Crippen LogP contribution in [0.2, 0.25) is 5.02 Å². The molecule has 3 heteroatoms. The predicted octanol–water partition coefficient (Wildman–Crippen LogP) is 4.13. The molecule has 1 aromatic carbocycles. The molecular formula is C15H23ClN2. The molecule has 0 spiro atoms. The van der Waals surface area contributed by atoms with E-state index < -0.39 is 0 Å². The standard InChI is InChI=1S/C15H23ClN2/c1-11-6-4-3-5-9-18(11)15-8-7-13(12(2)17)10-14(15)16/h7-8,10-12H,3-6,9,17H2,1-2H3. The van der Waals surface area contributed by atoms with Gasteiger partial charge in [-0.15, -0.1) is 0 Å². The molecule has 0 radical (unpaired) electrons. The summed E-state index contributed by atoms with van der Waals surface area (Å²) in [6, 6.07) is 6.86. The fraction of sp³-hybridized carbons (Fsp3) is 0.600. The van der Waals surface area contributed by atoms with E-state index in [1.54, 1.807) is 0 Å². The van der Waals surface area contributed by atoms with Crippen LogP contribution in [0.25, 0.3) is 0 Å². The van der Waals surface area contributed by atoms with Crippen LogP contribution in [0.4, 0.5) is 5.69 Å². The summed E-state index contributed by atoms with van der Waals surface area (Å²) >= 11 is 6.43. The number of nitrogens with two attached hydrogens (primary N) is 1. The second-order valence-corrected chi connectivity index (χ2v) is 5.80. The van der Waals surface area contributed by atoms with Crippen LogP contribution in [0, 0.1) is 0 Å². The monoisotopic (exact) mass is 266 g/mol. The molecule has 1 aliphatic rings. The smallest absolute Gasteiger partial charge is 0.0642 e. The summed E-state index contributed by atoms with van der Waals surface area (Å²) in [4.78, 5) is 2.44. The fourth-order valence-electron chi connectivity index (χ4n) is 2.67. The second kappa shape index (κ2) is 5.94. The molecular weight excluding hydrogens is 244 g/mol. The third kappa shape index (κ3) is 2.99. The molecule has 2 unspecified atom stereocenters. The summed E-state index contributed by atoms with van der Waals surface area (Å²) in [7, 11) is 0. The average molecular weight is 267 g/mol. The van der Waals surface area contributed by atoms with Crippen LogP contribution in [0.5, 0.6) is 0 Å². The summed E-state index contributed by atoms with van der Waals surface area (Å²) in [6.45, 7) is 5.39. The van der Waals surface area contributed by atoms with Crippen molar-refractivity contribution in [2.75, 3.05) is 11.4 Å². The Hall–Kier alpha value is -0.730. The van der Waals surface area contributed by atoms with Gasteiger partial charge in [-0.2, -0.15) is 0 Å². The third-order valence-corrected chi connectivity index (χ3v) is 4.16. The quantitative estimate of drug-likeness (QED) is 0.872. The first-order chi connectivity index (χ1) is 8.59. The van der Waals surface area contributed by atoms with E-state index >= 15 is 0 Å². The molecule has 2 atom stereocenters. The van der Waals surface area contributed by atoms with E-state index in [1.807, 2.05) is 13.0 Å². The van der Waals surface area contributed by atoms with Gasteiger partial charge in [0.05, 0.1) is 10.7 Å². The Morgan fingerprint density at radius 1 is 1.33 bits per heavy atom. The SMILES string of the molecule is CC(N)c1ccc(N2CCCCCC2C)c(Cl)c1. The van der Waals surface area contributed by atoms with Crippen molar-refractivity contribution < 1.29 is 0 Å². The molecule has 2 rings (SSSR count). The summed E-state index contributed by atoms with van der Waals surface area (Å²) in [5.74, 6) is 0. The Morgan fingerprint density at radius 2 is 2.11 bits per heavy atom. The van der Waals surface area contributed by atoms with Gasteiger partial charge in [-0.05, 0) is 44.4 Å². The van der Waals surface area contributed by atoms with Crippen LogP contribution < -0.4 is 10.6 Å². The molecule has 0 bridgehead atoms. The van der Waals surface area contributed by atoms with Crippen LogP contribution in [0.1, 0.15) is 51.1 Å². The van der Waals surface area contributed by atoms with E-state index in [2.05, 4.69) is 24.0 Å². The molecule has 0 amide bonds. The van der Waals surface area contributed by atoms with Crippen molar-refractivity contribution in [1.29, 1.82) is 0 Å². The molecule has 1 aliphatic heterocycles. The highest BCUT2D eigenvalue weighted by Crippen LogP contribution is 2.32. The molecule has 1 aromatic rings. The lowest BCUT2D eigenvalue weighted by molar-refractivity contribution is 0.616. The van der Waals surface area contributed by atoms with E-state index in [9.17, 15) is 0 Å². The zero-order valence-corrected chi connectivity index (χ0v) is 12.1. The highest BCUT2D eigenvalue weighted by Gasteiger charge is 2.19. The topological polar surface area (TPSA) is 29.3 Å². The highest BCUT2D eigenvalue weighted by atomic mass is 35.5. The number of benzene rings is 1. The maximum atomic E-state index is 6.43. The van der Waals surface area contributed by atoms with Crippen molar-refractivity contribution >= 4 is 17.3 Å². The number of rotatable bonds is 2. The van der Waals surface area contributed by atoms with Gasteiger partial charge in [-0.1, -0.05) is 30.5 Å². The number of halogens is 1. The number of hydrogen-bond acceptors (Lipinski definition) is 2. The Balaban J connectivity index is 2.26. The van der Waals surface area contributed by atoms with Crippen molar-refractivity contribution in [3.05, 3.63) is 28.8 Å². The normalized spacial score (nSPS) is 22.7. The first kappa shape index (κ1) is 13.7. The fourth-order valence-corrected chi connectivity index (χ4v) is 2.97. The van der Waals surface area contributed by atoms with Crippen molar-refractivity contribution in [2.45, 2.75) is 51.6 Å². The van der Waals surface area contributed by atoms with Crippen molar-refractivity contribution in [1.82, 2.24) is 0 Å². The van der Waals surface area contributed by atoms with Crippen LogP contribution >= 0.6 is 11.6 Å². The molecule has 18 heavy (non-hydrogen) atoms. The van der Waals surface area contributed by atoms with Crippen LogP contribution in [-0.2, 0) is 0 Å². The first-order valence-electron chi connectivity index (χ1n) is 6.91. The number of hydrogen-bond donors (Lipinski definition) is 1. The molecule has 0 saturated carbocycles. The highest BCUT2D eigenvalue weighted by molar-refractivity contribution is 6.33. The van der Waals surface area contributed by atoms with Gasteiger partial charge in [-0.3, -0.25) is 0 Å². The van der Waals surface area contributed by atoms with Crippen molar-refractivity contribution in [2.24, 2.45) is 5.73 Å². The molecule has 2 N–H and O–H groups in total. The van der Waals surface area contributed by atoms with Crippen LogP contribution in [-0.4, -0.2) is 12.6 Å². The largest absolute Gasteiger partial charge is 0.368 e. The molecule has 0 aliphatic carbocycles. The Kier molecular flexibility index (Phi) is 4.52. The van der Waals surface area contributed by atoms with Crippen LogP contribution in [0.15, 0.2) is 18.2 Å². The van der Waals surface area contributed by atoms with Gasteiger partial charge in [0.2, 0.25) is 0 Å². The maximum absolute atomic E-state index is 6.43. The maximum Gasteiger partial charge on any atom is 0.0642 e. The lowest BCUT2D eigenvalue weighted by Crippen LogP contribution is -2.32. The molecule has 1 saturated heterocycles. The molecule has 100 valence electrons. The minimum Gasteiger partial charge on any atom is -0.368 e. The molecule has 1 fully saturated rings. The third-order valence-electron chi connectivity index (χ3n) is 3.86. The Morgan fingerprint density at radius 3 is 2.78 bits per heavy atom. The summed E-state index contributed by atoms with van der Waals surface area (Å²) < 4.78 is 0. The van der Waals surface area contributed by atoms with E-state index in [0.717, 1.165) is 22.8 Å². The van der Waals surface area contributed by atoms with Gasteiger partial charge in [0, 0.05) is 18.6 Å². The minimum atomic E-state index is 0.0399. The zero-order chi connectivity index (χ0) is 13.1. The van der Waals surface area contributed by atoms with Gasteiger partial charge in [0.15, 0.2) is 0 Å². The minimum absolute atomic E-state index is 0.0399. The Labute approximate surface area is 115 Å². The van der Waals surface area contributed by atoms with E-state index in [1.165, 1.54) is 25.7 Å². The second-order valence-electron chi connectivity index (χ2n) is 5.39. The van der Waals surface area contributed by atoms with Gasteiger partial charge in [-0.25, -0.2) is 0 Å². The predicted molar refractivity (Wildman–Crippen MR) is 79.3 cm³/mol. The zero-order valence-electron chi connectivity index (χ0n) is 11.3.